The molecule has 2 saturated heterocycles. The third kappa shape index (κ3) is 4.88. The lowest BCUT2D eigenvalue weighted by molar-refractivity contribution is 0.204. The van der Waals surface area contributed by atoms with Gasteiger partial charge in [-0.25, -0.2) is 4.79 Å². The van der Waals surface area contributed by atoms with Gasteiger partial charge in [-0.15, -0.1) is 0 Å². The second kappa shape index (κ2) is 8.17. The number of anilines is 2. The summed E-state index contributed by atoms with van der Waals surface area (Å²) < 4.78 is 0. The van der Waals surface area contributed by atoms with Gasteiger partial charge in [0.1, 0.15) is 0 Å². The quantitative estimate of drug-likeness (QED) is 0.693. The van der Waals surface area contributed by atoms with Crippen LogP contribution in [0.15, 0.2) is 18.2 Å². The van der Waals surface area contributed by atoms with E-state index >= 15 is 0 Å². The topological polar surface area (TPSA) is 55.8 Å². The molecule has 1 aliphatic carbocycles. The van der Waals surface area contributed by atoms with Crippen LogP contribution < -0.4 is 10.2 Å². The van der Waals surface area contributed by atoms with Crippen LogP contribution in [0.1, 0.15) is 65.9 Å². The lowest BCUT2D eigenvalue weighted by Crippen LogP contribution is -2.39. The van der Waals surface area contributed by atoms with E-state index in [0.717, 1.165) is 30.8 Å². The zero-order chi connectivity index (χ0) is 21.4. The molecule has 1 saturated carbocycles. The largest absolute Gasteiger partial charge is 0.465 e. The first-order valence-corrected chi connectivity index (χ1v) is 11.1. The molecule has 1 aromatic carbocycles. The van der Waals surface area contributed by atoms with Crippen LogP contribution in [-0.2, 0) is 0 Å². The molecular weight excluding hydrogens is 362 g/mol. The maximum atomic E-state index is 11.0. The van der Waals surface area contributed by atoms with Crippen molar-refractivity contribution < 1.29 is 9.90 Å². The van der Waals surface area contributed by atoms with Crippen molar-refractivity contribution in [2.45, 2.75) is 79.3 Å². The fourth-order valence-electron chi connectivity index (χ4n) is 5.07. The molecule has 2 unspecified atom stereocenters. The van der Waals surface area contributed by atoms with Gasteiger partial charge in [0.2, 0.25) is 0 Å². The van der Waals surface area contributed by atoms with Crippen LogP contribution in [0.25, 0.3) is 0 Å². The summed E-state index contributed by atoms with van der Waals surface area (Å²) in [6, 6.07) is 7.07. The van der Waals surface area contributed by atoms with Crippen LogP contribution in [0.2, 0.25) is 0 Å². The molecular formula is C24H39N3O2. The monoisotopic (exact) mass is 401 g/mol. The average molecular weight is 402 g/mol. The van der Waals surface area contributed by atoms with Crippen LogP contribution >= 0.6 is 0 Å². The van der Waals surface area contributed by atoms with Crippen molar-refractivity contribution in [3.05, 3.63) is 23.8 Å². The first kappa shape index (κ1) is 21.9. The Hall–Kier alpha value is -1.75. The normalized spacial score (nSPS) is 27.3. The number of nitrogens with zero attached hydrogens (tertiary/aromatic N) is 2. The van der Waals surface area contributed by atoms with E-state index in [4.69, 9.17) is 5.11 Å². The van der Waals surface area contributed by atoms with Gasteiger partial charge in [0, 0.05) is 25.2 Å². The molecule has 5 heteroatoms. The van der Waals surface area contributed by atoms with E-state index in [0.29, 0.717) is 28.6 Å². The summed E-state index contributed by atoms with van der Waals surface area (Å²) in [6.45, 7) is 16.9. The van der Waals surface area contributed by atoms with Gasteiger partial charge in [0.15, 0.2) is 0 Å². The number of carboxylic acid groups (broad SMARTS) is 1. The molecule has 5 nitrogen and oxygen atoms in total. The van der Waals surface area contributed by atoms with Crippen molar-refractivity contribution in [3.63, 3.8) is 0 Å². The van der Waals surface area contributed by atoms with E-state index in [9.17, 15) is 4.79 Å². The Labute approximate surface area is 176 Å². The van der Waals surface area contributed by atoms with Crippen LogP contribution in [0.4, 0.5) is 16.2 Å². The third-order valence-electron chi connectivity index (χ3n) is 7.62. The molecule has 2 N–H and O–H groups in total. The van der Waals surface area contributed by atoms with Gasteiger partial charge in [-0.05, 0) is 68.5 Å². The molecule has 0 radical (unpaired) electrons. The van der Waals surface area contributed by atoms with E-state index in [1.165, 1.54) is 25.8 Å². The minimum atomic E-state index is -1.00. The molecule has 0 bridgehead atoms. The fourth-order valence-corrected chi connectivity index (χ4v) is 5.07. The molecule has 0 aromatic heterocycles. The van der Waals surface area contributed by atoms with Gasteiger partial charge in [-0.1, -0.05) is 39.8 Å². The first-order chi connectivity index (χ1) is 13.5. The molecule has 0 spiro atoms. The SMILES string of the molecule is CC1(C)CC1(C)C.Cc1cccc(NC(=O)O)c1N1CCC(N2CCCC2C)C1. The summed E-state index contributed by atoms with van der Waals surface area (Å²) >= 11 is 0. The molecule has 3 fully saturated rings. The first-order valence-electron chi connectivity index (χ1n) is 11.1. The summed E-state index contributed by atoms with van der Waals surface area (Å²) in [5.74, 6) is 0. The Morgan fingerprint density at radius 1 is 1.14 bits per heavy atom. The smallest absolute Gasteiger partial charge is 0.409 e. The third-order valence-corrected chi connectivity index (χ3v) is 7.62. The summed E-state index contributed by atoms with van der Waals surface area (Å²) in [5, 5.41) is 11.6. The van der Waals surface area contributed by atoms with Gasteiger partial charge in [-0.2, -0.15) is 0 Å². The number of nitrogens with one attached hydrogen (secondary N) is 1. The number of hydrogen-bond donors (Lipinski definition) is 2. The van der Waals surface area contributed by atoms with E-state index in [2.05, 4.69) is 49.7 Å². The second-order valence-electron chi connectivity index (χ2n) is 10.5. The van der Waals surface area contributed by atoms with Crippen molar-refractivity contribution >= 4 is 17.5 Å². The zero-order valence-electron chi connectivity index (χ0n) is 19.1. The van der Waals surface area contributed by atoms with Crippen molar-refractivity contribution in [1.82, 2.24) is 4.90 Å². The Morgan fingerprint density at radius 2 is 1.79 bits per heavy atom. The van der Waals surface area contributed by atoms with E-state index in [-0.39, 0.29) is 0 Å². The maximum absolute atomic E-state index is 11.0. The molecule has 1 amide bonds. The molecule has 3 aliphatic rings. The lowest BCUT2D eigenvalue weighted by Gasteiger charge is -2.29. The summed E-state index contributed by atoms with van der Waals surface area (Å²) in [5.41, 5.74) is 4.16. The second-order valence-corrected chi connectivity index (χ2v) is 10.5. The lowest BCUT2D eigenvalue weighted by atomic mass is 10.0. The van der Waals surface area contributed by atoms with Gasteiger partial charge in [0.05, 0.1) is 11.4 Å². The highest BCUT2D eigenvalue weighted by molar-refractivity contribution is 5.89. The van der Waals surface area contributed by atoms with Crippen LogP contribution in [-0.4, -0.2) is 47.8 Å². The number of benzene rings is 1. The predicted octanol–water partition coefficient (Wildman–Crippen LogP) is 5.59. The minimum Gasteiger partial charge on any atom is -0.465 e. The van der Waals surface area contributed by atoms with Crippen LogP contribution in [0.5, 0.6) is 0 Å². The fraction of sp³-hybridized carbons (Fsp3) is 0.708. The minimum absolute atomic E-state index is 0.592. The number of carbonyl (C=O) groups is 1. The van der Waals surface area contributed by atoms with Gasteiger partial charge < -0.3 is 10.0 Å². The van der Waals surface area contributed by atoms with Crippen LogP contribution in [0, 0.1) is 17.8 Å². The van der Waals surface area contributed by atoms with Crippen molar-refractivity contribution in [1.29, 1.82) is 0 Å². The molecule has 2 atom stereocenters. The Bertz CT molecular complexity index is 732. The van der Waals surface area contributed by atoms with Crippen molar-refractivity contribution in [2.24, 2.45) is 10.8 Å². The summed E-state index contributed by atoms with van der Waals surface area (Å²) in [7, 11) is 0. The molecule has 29 heavy (non-hydrogen) atoms. The number of likely N-dealkylation sites (tertiary alicyclic amines) is 1. The number of amides is 1. The number of hydrogen-bond acceptors (Lipinski definition) is 3. The molecule has 1 aromatic rings. The zero-order valence-corrected chi connectivity index (χ0v) is 19.1. The van der Waals surface area contributed by atoms with Gasteiger partial charge in [-0.3, -0.25) is 10.2 Å². The van der Waals surface area contributed by atoms with E-state index < -0.39 is 6.09 Å². The van der Waals surface area contributed by atoms with Gasteiger partial charge >= 0.3 is 6.09 Å². The molecule has 162 valence electrons. The number of aryl methyl sites for hydroxylation is 1. The number of para-hydroxylation sites is 1. The number of rotatable bonds is 3. The maximum Gasteiger partial charge on any atom is 0.409 e. The van der Waals surface area contributed by atoms with Crippen molar-refractivity contribution in [3.8, 4) is 0 Å². The van der Waals surface area contributed by atoms with E-state index in [1.807, 2.05) is 25.1 Å². The van der Waals surface area contributed by atoms with Crippen molar-refractivity contribution in [2.75, 3.05) is 29.9 Å². The van der Waals surface area contributed by atoms with Gasteiger partial charge in [0.25, 0.3) is 0 Å². The Balaban J connectivity index is 0.000000290. The summed E-state index contributed by atoms with van der Waals surface area (Å²) in [4.78, 5) is 16.0. The standard InChI is InChI=1S/C17H25N3O2.C7H14/c1-12-5-3-7-15(18-17(21)22)16(12)19-10-8-14(11-19)20-9-4-6-13(20)2;1-6(2)5-7(6,3)4/h3,5,7,13-14,18H,4,6,8-11H2,1-2H3,(H,21,22);5H2,1-4H3. The highest BCUT2D eigenvalue weighted by Crippen LogP contribution is 2.62. The molecule has 4 rings (SSSR count). The van der Waals surface area contributed by atoms with E-state index in [1.54, 1.807) is 0 Å². The molecule has 2 heterocycles. The predicted molar refractivity (Wildman–Crippen MR) is 121 cm³/mol. The highest BCUT2D eigenvalue weighted by Gasteiger charge is 2.53. The Morgan fingerprint density at radius 3 is 2.31 bits per heavy atom. The average Bonchev–Trinajstić information content (AvgIpc) is 3.03. The van der Waals surface area contributed by atoms with Crippen LogP contribution in [0.3, 0.4) is 0 Å². The Kier molecular flexibility index (Phi) is 6.19. The highest BCUT2D eigenvalue weighted by atomic mass is 16.4. The molecule has 2 aliphatic heterocycles. The summed E-state index contributed by atoms with van der Waals surface area (Å²) in [6.07, 6.45) is 4.15.